The maximum atomic E-state index is 12.9. The van der Waals surface area contributed by atoms with Gasteiger partial charge in [0.05, 0.1) is 18.4 Å². The molecule has 6 heteroatoms. The molecule has 2 aliphatic rings. The number of carboxylic acids is 1. The Balaban J connectivity index is 1.33. The largest absolute Gasteiger partial charge is 0.491 e. The van der Waals surface area contributed by atoms with Crippen molar-refractivity contribution in [1.29, 1.82) is 0 Å². The van der Waals surface area contributed by atoms with Gasteiger partial charge in [0.15, 0.2) is 0 Å². The summed E-state index contributed by atoms with van der Waals surface area (Å²) in [7, 11) is 0. The first-order valence-electron chi connectivity index (χ1n) is 12.5. The van der Waals surface area contributed by atoms with Gasteiger partial charge in [0.25, 0.3) is 0 Å². The number of aliphatic carboxylic acids is 1. The summed E-state index contributed by atoms with van der Waals surface area (Å²) in [5.41, 5.74) is 8.61. The van der Waals surface area contributed by atoms with E-state index >= 15 is 0 Å². The molecule has 2 fully saturated rings. The normalized spacial score (nSPS) is 24.9. The highest BCUT2D eigenvalue weighted by atomic mass is 16.5. The summed E-state index contributed by atoms with van der Waals surface area (Å²) >= 11 is 0. The number of carboxylic acid groups (broad SMARTS) is 1. The minimum atomic E-state index is -0.927. The lowest BCUT2D eigenvalue weighted by Gasteiger charge is -2.27. The summed E-state index contributed by atoms with van der Waals surface area (Å²) < 4.78 is 6.08. The fourth-order valence-electron chi connectivity index (χ4n) is 5.38. The molecule has 6 nitrogen and oxygen atoms in total. The van der Waals surface area contributed by atoms with Crippen LogP contribution in [0.5, 0.6) is 5.75 Å². The van der Waals surface area contributed by atoms with Crippen molar-refractivity contribution in [2.45, 2.75) is 69.4 Å². The van der Waals surface area contributed by atoms with Crippen LogP contribution in [0.1, 0.15) is 62.0 Å². The number of hydrogen-bond acceptors (Lipinski definition) is 4. The Kier molecular flexibility index (Phi) is 8.22. The lowest BCUT2D eigenvalue weighted by molar-refractivity contribution is -0.142. The lowest BCUT2D eigenvalue weighted by Crippen LogP contribution is -2.38. The van der Waals surface area contributed by atoms with E-state index in [1.165, 1.54) is 11.1 Å². The number of aryl methyl sites for hydroxylation is 1. The van der Waals surface area contributed by atoms with Crippen molar-refractivity contribution in [1.82, 2.24) is 4.90 Å². The molecule has 1 saturated carbocycles. The van der Waals surface area contributed by atoms with Crippen LogP contribution in [0.3, 0.4) is 0 Å². The smallest absolute Gasteiger partial charge is 0.304 e. The Bertz CT molecular complexity index is 939. The van der Waals surface area contributed by atoms with Crippen molar-refractivity contribution in [2.75, 3.05) is 13.2 Å². The minimum Gasteiger partial charge on any atom is -0.491 e. The van der Waals surface area contributed by atoms with Crippen molar-refractivity contribution in [3.63, 3.8) is 0 Å². The number of likely N-dealkylation sites (tertiary alicyclic amines) is 1. The average molecular weight is 465 g/mol. The zero-order valence-corrected chi connectivity index (χ0v) is 19.8. The fraction of sp³-hybridized carbons (Fsp3) is 0.500. The highest BCUT2D eigenvalue weighted by Gasteiger charge is 2.40. The Hall–Kier alpha value is -2.86. The number of benzene rings is 2. The predicted octanol–water partition coefficient (Wildman–Crippen LogP) is 4.37. The predicted molar refractivity (Wildman–Crippen MR) is 132 cm³/mol. The third-order valence-electron chi connectivity index (χ3n) is 7.32. The number of carbonyl (C=O) groups is 2. The first kappa shape index (κ1) is 24.3. The molecule has 0 spiro atoms. The molecule has 1 heterocycles. The van der Waals surface area contributed by atoms with Crippen molar-refractivity contribution in [2.24, 2.45) is 11.7 Å². The van der Waals surface area contributed by atoms with E-state index in [0.717, 1.165) is 44.3 Å². The molecule has 0 unspecified atom stereocenters. The maximum absolute atomic E-state index is 12.9. The van der Waals surface area contributed by atoms with Crippen LogP contribution in [0.4, 0.5) is 0 Å². The Morgan fingerprint density at radius 2 is 1.74 bits per heavy atom. The Morgan fingerprint density at radius 1 is 1.03 bits per heavy atom. The molecule has 1 saturated heterocycles. The van der Waals surface area contributed by atoms with E-state index in [1.807, 2.05) is 35.2 Å². The number of carbonyl (C=O) groups excluding carboxylic acids is 1. The molecule has 0 aromatic heterocycles. The van der Waals surface area contributed by atoms with Crippen LogP contribution in [0.15, 0.2) is 54.6 Å². The van der Waals surface area contributed by atoms with Gasteiger partial charge in [-0.05, 0) is 74.1 Å². The van der Waals surface area contributed by atoms with E-state index < -0.39 is 11.9 Å². The van der Waals surface area contributed by atoms with Crippen LogP contribution < -0.4 is 10.5 Å². The number of ether oxygens (including phenoxy) is 1. The third kappa shape index (κ3) is 6.38. The minimum absolute atomic E-state index is 0.0603. The molecule has 2 aromatic carbocycles. The first-order valence-corrected chi connectivity index (χ1v) is 12.5. The summed E-state index contributed by atoms with van der Waals surface area (Å²) in [6.45, 7) is 0.992. The number of nitrogens with zero attached hydrogens (tertiary/aromatic N) is 1. The number of nitrogens with two attached hydrogens (primary N) is 1. The van der Waals surface area contributed by atoms with Gasteiger partial charge in [-0.2, -0.15) is 0 Å². The van der Waals surface area contributed by atoms with Gasteiger partial charge in [0.2, 0.25) is 5.91 Å². The van der Waals surface area contributed by atoms with Crippen LogP contribution in [0.25, 0.3) is 0 Å². The molecular weight excluding hydrogens is 428 g/mol. The summed E-state index contributed by atoms with van der Waals surface area (Å²) in [4.78, 5) is 26.1. The van der Waals surface area contributed by atoms with E-state index in [1.54, 1.807) is 0 Å². The quantitative estimate of drug-likeness (QED) is 0.545. The van der Waals surface area contributed by atoms with E-state index in [9.17, 15) is 14.7 Å². The van der Waals surface area contributed by atoms with Crippen LogP contribution in [0, 0.1) is 5.92 Å². The van der Waals surface area contributed by atoms with Crippen molar-refractivity contribution >= 4 is 11.9 Å². The van der Waals surface area contributed by atoms with E-state index in [4.69, 9.17) is 10.5 Å². The zero-order valence-electron chi connectivity index (χ0n) is 19.8. The molecule has 0 bridgehead atoms. The second-order valence-electron chi connectivity index (χ2n) is 9.80. The lowest BCUT2D eigenvalue weighted by atomic mass is 9.82. The van der Waals surface area contributed by atoms with Gasteiger partial charge in [-0.15, -0.1) is 0 Å². The van der Waals surface area contributed by atoms with Crippen LogP contribution >= 0.6 is 0 Å². The monoisotopic (exact) mass is 464 g/mol. The fourth-order valence-corrected chi connectivity index (χ4v) is 5.38. The zero-order chi connectivity index (χ0) is 23.9. The number of amides is 1. The molecule has 182 valence electrons. The standard InChI is InChI=1S/C28H36N2O4/c29-24-12-8-21(9-13-24)22-10-14-26(15-11-22)34-19-25-17-23(18-27(31)32)28(33)30(25)16-4-7-20-5-2-1-3-6-20/h1-3,5-6,10-11,14-15,21,23-25H,4,7-9,12-13,16-19,29H2,(H,31,32)/t21?,23-,24?,25-/m0/s1. The van der Waals surface area contributed by atoms with Crippen molar-refractivity contribution in [3.8, 4) is 5.75 Å². The van der Waals surface area contributed by atoms with Gasteiger partial charge in [-0.25, -0.2) is 0 Å². The molecule has 4 rings (SSSR count). The third-order valence-corrected chi connectivity index (χ3v) is 7.32. The summed E-state index contributed by atoms with van der Waals surface area (Å²) in [6, 6.07) is 18.7. The van der Waals surface area contributed by atoms with Gasteiger partial charge in [-0.1, -0.05) is 42.5 Å². The second-order valence-corrected chi connectivity index (χ2v) is 9.80. The second kappa shape index (κ2) is 11.5. The maximum Gasteiger partial charge on any atom is 0.304 e. The SMILES string of the molecule is NC1CCC(c2ccc(OC[C@@H]3C[C@@H](CC(=O)O)C(=O)N3CCCc3ccccc3)cc2)CC1. The van der Waals surface area contributed by atoms with Crippen LogP contribution in [-0.2, 0) is 16.0 Å². The van der Waals surface area contributed by atoms with Crippen LogP contribution in [-0.4, -0.2) is 47.1 Å². The Labute approximate surface area is 202 Å². The van der Waals surface area contributed by atoms with Gasteiger partial charge < -0.3 is 20.5 Å². The van der Waals surface area contributed by atoms with E-state index in [-0.39, 0.29) is 18.4 Å². The molecule has 1 aliphatic carbocycles. The summed E-state index contributed by atoms with van der Waals surface area (Å²) in [5.74, 6) is -0.103. The molecule has 2 aromatic rings. The van der Waals surface area contributed by atoms with Crippen molar-refractivity contribution in [3.05, 3.63) is 65.7 Å². The summed E-state index contributed by atoms with van der Waals surface area (Å²) in [5, 5.41) is 9.24. The van der Waals surface area contributed by atoms with Gasteiger partial charge in [0, 0.05) is 12.6 Å². The number of rotatable bonds is 10. The van der Waals surface area contributed by atoms with Gasteiger partial charge in [-0.3, -0.25) is 9.59 Å². The molecule has 3 N–H and O–H groups in total. The topological polar surface area (TPSA) is 92.9 Å². The molecule has 2 atom stereocenters. The van der Waals surface area contributed by atoms with E-state index in [2.05, 4.69) is 24.3 Å². The van der Waals surface area contributed by atoms with E-state index in [0.29, 0.717) is 31.5 Å². The molecular formula is C28H36N2O4. The van der Waals surface area contributed by atoms with Crippen molar-refractivity contribution < 1.29 is 19.4 Å². The molecule has 1 amide bonds. The molecule has 0 radical (unpaired) electrons. The highest BCUT2D eigenvalue weighted by Crippen LogP contribution is 2.33. The Morgan fingerprint density at radius 3 is 2.41 bits per heavy atom. The average Bonchev–Trinajstić information content (AvgIpc) is 3.13. The molecule has 1 aliphatic heterocycles. The first-order chi connectivity index (χ1) is 16.5. The summed E-state index contributed by atoms with van der Waals surface area (Å²) in [6.07, 6.45) is 6.55. The van der Waals surface area contributed by atoms with Crippen LogP contribution in [0.2, 0.25) is 0 Å². The van der Waals surface area contributed by atoms with Gasteiger partial charge in [0.1, 0.15) is 12.4 Å². The highest BCUT2D eigenvalue weighted by molar-refractivity contribution is 5.85. The molecule has 34 heavy (non-hydrogen) atoms. The number of hydrogen-bond donors (Lipinski definition) is 2. The van der Waals surface area contributed by atoms with Gasteiger partial charge >= 0.3 is 5.97 Å².